The molecule has 1 N–H and O–H groups in total. The van der Waals surface area contributed by atoms with E-state index in [0.717, 1.165) is 5.56 Å². The maximum atomic E-state index is 12.7. The van der Waals surface area contributed by atoms with Crippen LogP contribution < -0.4 is 23.7 Å². The molecule has 0 radical (unpaired) electrons. The van der Waals surface area contributed by atoms with Crippen LogP contribution in [0.2, 0.25) is 0 Å². The first-order valence-electron chi connectivity index (χ1n) is 7.84. The average molecular weight is 363 g/mol. The molecule has 0 fully saturated rings. The molecule has 2 aromatic rings. The fourth-order valence-electron chi connectivity index (χ4n) is 2.74. The van der Waals surface area contributed by atoms with Crippen LogP contribution in [0.15, 0.2) is 41.3 Å². The number of nitrogens with one attached hydrogen (secondary N) is 1. The summed E-state index contributed by atoms with van der Waals surface area (Å²) in [6.07, 6.45) is 0. The molecular formula is C17H17NO6S. The quantitative estimate of drug-likeness (QED) is 0.897. The molecule has 2 heterocycles. The highest BCUT2D eigenvalue weighted by molar-refractivity contribution is 7.89. The topological polar surface area (TPSA) is 83.1 Å². The molecule has 7 nitrogen and oxygen atoms in total. The van der Waals surface area contributed by atoms with E-state index in [1.807, 2.05) is 6.07 Å². The number of hydrogen-bond donors (Lipinski definition) is 1. The molecule has 0 bridgehead atoms. The summed E-state index contributed by atoms with van der Waals surface area (Å²) in [5.41, 5.74) is 0.783. The molecule has 2 aromatic carbocycles. The van der Waals surface area contributed by atoms with Crippen LogP contribution in [-0.4, -0.2) is 28.4 Å². The molecule has 8 heteroatoms. The average Bonchev–Trinajstić information content (AvgIpc) is 3.08. The largest absolute Gasteiger partial charge is 0.486 e. The lowest BCUT2D eigenvalue weighted by molar-refractivity contribution is 0.171. The maximum Gasteiger partial charge on any atom is 0.241 e. The monoisotopic (exact) mass is 363 g/mol. The van der Waals surface area contributed by atoms with E-state index in [2.05, 4.69) is 4.72 Å². The van der Waals surface area contributed by atoms with Crippen molar-refractivity contribution in [3.05, 3.63) is 42.0 Å². The SMILES string of the molecule is C[C@@H](NS(=O)(=O)c1ccc2c(c1)OCCO2)c1ccc2c(c1)OCO2. The van der Waals surface area contributed by atoms with Gasteiger partial charge < -0.3 is 18.9 Å². The van der Waals surface area contributed by atoms with Gasteiger partial charge in [0.2, 0.25) is 16.8 Å². The molecule has 0 aliphatic carbocycles. The molecule has 132 valence electrons. The first kappa shape index (κ1) is 16.0. The number of sulfonamides is 1. The van der Waals surface area contributed by atoms with Crippen molar-refractivity contribution in [2.75, 3.05) is 20.0 Å². The maximum absolute atomic E-state index is 12.7. The predicted octanol–water partition coefficient (Wildman–Crippen LogP) is 2.23. The minimum Gasteiger partial charge on any atom is -0.486 e. The molecule has 25 heavy (non-hydrogen) atoms. The second-order valence-corrected chi connectivity index (χ2v) is 7.48. The van der Waals surface area contributed by atoms with Gasteiger partial charge in [0.25, 0.3) is 0 Å². The van der Waals surface area contributed by atoms with Crippen LogP contribution in [0.1, 0.15) is 18.5 Å². The Morgan fingerprint density at radius 1 is 0.880 bits per heavy atom. The van der Waals surface area contributed by atoms with Crippen molar-refractivity contribution < 1.29 is 27.4 Å². The molecule has 1 atom stereocenters. The van der Waals surface area contributed by atoms with Gasteiger partial charge >= 0.3 is 0 Å². The van der Waals surface area contributed by atoms with Crippen molar-refractivity contribution in [3.63, 3.8) is 0 Å². The zero-order chi connectivity index (χ0) is 17.4. The van der Waals surface area contributed by atoms with E-state index in [-0.39, 0.29) is 11.7 Å². The summed E-state index contributed by atoms with van der Waals surface area (Å²) in [7, 11) is -3.71. The second-order valence-electron chi connectivity index (χ2n) is 5.76. The van der Waals surface area contributed by atoms with E-state index in [4.69, 9.17) is 18.9 Å². The zero-order valence-electron chi connectivity index (χ0n) is 13.5. The van der Waals surface area contributed by atoms with Crippen LogP contribution in [0, 0.1) is 0 Å². The number of benzene rings is 2. The van der Waals surface area contributed by atoms with Gasteiger partial charge in [0, 0.05) is 12.1 Å². The summed E-state index contributed by atoms with van der Waals surface area (Å²) in [5, 5.41) is 0. The van der Waals surface area contributed by atoms with Crippen LogP contribution in [0.3, 0.4) is 0 Å². The molecule has 2 aliphatic rings. The third-order valence-corrected chi connectivity index (χ3v) is 5.59. The van der Waals surface area contributed by atoms with Crippen LogP contribution in [-0.2, 0) is 10.0 Å². The van der Waals surface area contributed by atoms with Gasteiger partial charge in [-0.15, -0.1) is 0 Å². The summed E-state index contributed by atoms with van der Waals surface area (Å²) >= 11 is 0. The van der Waals surface area contributed by atoms with E-state index in [1.165, 1.54) is 12.1 Å². The van der Waals surface area contributed by atoms with Gasteiger partial charge in [0.15, 0.2) is 23.0 Å². The van der Waals surface area contributed by atoms with Crippen molar-refractivity contribution in [3.8, 4) is 23.0 Å². The molecule has 4 rings (SSSR count). The van der Waals surface area contributed by atoms with Crippen LogP contribution in [0.25, 0.3) is 0 Å². The first-order valence-corrected chi connectivity index (χ1v) is 9.33. The van der Waals surface area contributed by atoms with E-state index >= 15 is 0 Å². The van der Waals surface area contributed by atoms with Gasteiger partial charge in [-0.3, -0.25) is 0 Å². The third-order valence-electron chi connectivity index (χ3n) is 4.05. The summed E-state index contributed by atoms with van der Waals surface area (Å²) in [4.78, 5) is 0.129. The second kappa shape index (κ2) is 6.12. The third kappa shape index (κ3) is 3.10. The Morgan fingerprint density at radius 3 is 2.36 bits per heavy atom. The molecule has 0 spiro atoms. The number of fused-ring (bicyclic) bond motifs is 2. The predicted molar refractivity (Wildman–Crippen MR) is 88.7 cm³/mol. The Labute approximate surface area is 145 Å². The Balaban J connectivity index is 1.56. The Morgan fingerprint density at radius 2 is 1.52 bits per heavy atom. The van der Waals surface area contributed by atoms with E-state index in [1.54, 1.807) is 25.1 Å². The zero-order valence-corrected chi connectivity index (χ0v) is 14.3. The van der Waals surface area contributed by atoms with Gasteiger partial charge in [0.1, 0.15) is 13.2 Å². The number of hydrogen-bond acceptors (Lipinski definition) is 6. The first-order chi connectivity index (χ1) is 12.0. The van der Waals surface area contributed by atoms with Crippen LogP contribution in [0.4, 0.5) is 0 Å². The molecule has 0 amide bonds. The summed E-state index contributed by atoms with van der Waals surface area (Å²) in [6, 6.07) is 9.50. The molecule has 0 saturated heterocycles. The molecule has 0 unspecified atom stereocenters. The lowest BCUT2D eigenvalue weighted by atomic mass is 10.1. The normalized spacial score (nSPS) is 16.5. The lowest BCUT2D eigenvalue weighted by Crippen LogP contribution is -2.27. The van der Waals surface area contributed by atoms with Gasteiger partial charge in [-0.05, 0) is 36.8 Å². The highest BCUT2D eigenvalue weighted by atomic mass is 32.2. The van der Waals surface area contributed by atoms with Crippen LogP contribution in [0.5, 0.6) is 23.0 Å². The van der Waals surface area contributed by atoms with Crippen LogP contribution >= 0.6 is 0 Å². The minimum absolute atomic E-state index is 0.129. The lowest BCUT2D eigenvalue weighted by Gasteiger charge is -2.20. The van der Waals surface area contributed by atoms with Crippen molar-refractivity contribution in [1.82, 2.24) is 4.72 Å². The number of rotatable bonds is 4. The molecule has 0 aromatic heterocycles. The van der Waals surface area contributed by atoms with Crippen molar-refractivity contribution in [2.24, 2.45) is 0 Å². The standard InChI is InChI=1S/C17H17NO6S/c1-11(12-2-4-15-16(8-12)24-10-23-15)18-25(19,20)13-3-5-14-17(9-13)22-7-6-21-14/h2-5,8-9,11,18H,6-7,10H2,1H3/t11-/m1/s1. The Kier molecular flexibility index (Phi) is 3.93. The van der Waals surface area contributed by atoms with E-state index in [9.17, 15) is 8.42 Å². The summed E-state index contributed by atoms with van der Waals surface area (Å²) in [5.74, 6) is 2.26. The summed E-state index contributed by atoms with van der Waals surface area (Å²) in [6.45, 7) is 2.80. The Bertz CT molecular complexity index is 911. The molecule has 2 aliphatic heterocycles. The minimum atomic E-state index is -3.71. The molecule has 0 saturated carbocycles. The molecular weight excluding hydrogens is 346 g/mol. The van der Waals surface area contributed by atoms with E-state index < -0.39 is 16.1 Å². The van der Waals surface area contributed by atoms with E-state index in [0.29, 0.717) is 36.2 Å². The highest BCUT2D eigenvalue weighted by Gasteiger charge is 2.23. The Hall–Kier alpha value is -2.45. The highest BCUT2D eigenvalue weighted by Crippen LogP contribution is 2.35. The van der Waals surface area contributed by atoms with Gasteiger partial charge in [-0.2, -0.15) is 0 Å². The van der Waals surface area contributed by atoms with Gasteiger partial charge in [-0.1, -0.05) is 6.07 Å². The van der Waals surface area contributed by atoms with Crippen molar-refractivity contribution in [1.29, 1.82) is 0 Å². The van der Waals surface area contributed by atoms with Gasteiger partial charge in [-0.25, -0.2) is 13.1 Å². The fourth-order valence-corrected chi connectivity index (χ4v) is 3.99. The fraction of sp³-hybridized carbons (Fsp3) is 0.294. The summed E-state index contributed by atoms with van der Waals surface area (Å²) < 4.78 is 49.5. The van der Waals surface area contributed by atoms with Crippen molar-refractivity contribution in [2.45, 2.75) is 17.9 Å². The van der Waals surface area contributed by atoms with Gasteiger partial charge in [0.05, 0.1) is 4.90 Å². The smallest absolute Gasteiger partial charge is 0.241 e. The van der Waals surface area contributed by atoms with Crippen molar-refractivity contribution >= 4 is 10.0 Å². The number of ether oxygens (including phenoxy) is 4.